The summed E-state index contributed by atoms with van der Waals surface area (Å²) in [5.41, 5.74) is 2.83. The maximum atomic E-state index is 5.75. The van der Waals surface area contributed by atoms with Crippen LogP contribution in [0.5, 0.6) is 0 Å². The van der Waals surface area contributed by atoms with Crippen molar-refractivity contribution in [2.75, 3.05) is 13.2 Å². The molecule has 1 heterocycles. The van der Waals surface area contributed by atoms with Gasteiger partial charge in [-0.25, -0.2) is 0 Å². The number of hydrogen-bond donors (Lipinski definition) is 1. The summed E-state index contributed by atoms with van der Waals surface area (Å²) in [6.45, 7) is 1.81. The maximum Gasteiger partial charge on any atom is 0.0810 e. The van der Waals surface area contributed by atoms with Gasteiger partial charge in [-0.15, -0.1) is 0 Å². The van der Waals surface area contributed by atoms with Crippen LogP contribution >= 0.6 is 15.9 Å². The Bertz CT molecular complexity index is 366. The molecule has 0 bridgehead atoms. The molecule has 0 amide bonds. The maximum absolute atomic E-state index is 5.75. The Labute approximate surface area is 91.8 Å². The fourth-order valence-corrected chi connectivity index (χ4v) is 2.82. The van der Waals surface area contributed by atoms with Crippen LogP contribution in [0.25, 0.3) is 0 Å². The molecule has 1 N–H and O–H groups in total. The summed E-state index contributed by atoms with van der Waals surface area (Å²) in [7, 11) is 0. The van der Waals surface area contributed by atoms with Crippen LogP contribution in [0.15, 0.2) is 22.7 Å². The molecule has 1 aromatic rings. The zero-order valence-electron chi connectivity index (χ0n) is 7.79. The lowest BCUT2D eigenvalue weighted by Crippen LogP contribution is -2.39. The number of nitrogens with one attached hydrogen (secondary N) is 1. The predicted molar refractivity (Wildman–Crippen MR) is 58.3 cm³/mol. The van der Waals surface area contributed by atoms with Crippen molar-refractivity contribution in [2.45, 2.75) is 18.6 Å². The van der Waals surface area contributed by atoms with E-state index in [1.165, 1.54) is 11.1 Å². The molecule has 0 spiro atoms. The summed E-state index contributed by atoms with van der Waals surface area (Å²) in [6, 6.07) is 6.94. The molecular formula is C11H12BrNO. The van der Waals surface area contributed by atoms with E-state index in [-0.39, 0.29) is 0 Å². The molecule has 0 aromatic heterocycles. The van der Waals surface area contributed by atoms with Crippen molar-refractivity contribution in [3.8, 4) is 0 Å². The number of morpholine rings is 1. The van der Waals surface area contributed by atoms with E-state index in [0.29, 0.717) is 12.1 Å². The van der Waals surface area contributed by atoms with Crippen LogP contribution in [0.4, 0.5) is 0 Å². The number of fused-ring (bicyclic) bond motifs is 3. The minimum atomic E-state index is 0.355. The fraction of sp³-hybridized carbons (Fsp3) is 0.455. The average Bonchev–Trinajstić information content (AvgIpc) is 2.54. The van der Waals surface area contributed by atoms with Crippen LogP contribution in [-0.2, 0) is 11.2 Å². The van der Waals surface area contributed by atoms with E-state index in [2.05, 4.69) is 39.4 Å². The van der Waals surface area contributed by atoms with Crippen LogP contribution in [0, 0.1) is 0 Å². The third-order valence-electron chi connectivity index (χ3n) is 3.03. The average molecular weight is 254 g/mol. The van der Waals surface area contributed by atoms with Crippen molar-refractivity contribution < 1.29 is 4.74 Å². The SMILES string of the molecule is Brc1ccc2c(c1)CC1OCCNC21. The number of halogens is 1. The van der Waals surface area contributed by atoms with Gasteiger partial charge >= 0.3 is 0 Å². The molecular weight excluding hydrogens is 242 g/mol. The van der Waals surface area contributed by atoms with Crippen molar-refractivity contribution >= 4 is 15.9 Å². The molecule has 74 valence electrons. The molecule has 2 aliphatic rings. The number of rotatable bonds is 0. The van der Waals surface area contributed by atoms with Gasteiger partial charge in [0.05, 0.1) is 18.8 Å². The Morgan fingerprint density at radius 1 is 1.43 bits per heavy atom. The van der Waals surface area contributed by atoms with Gasteiger partial charge in [-0.05, 0) is 23.3 Å². The standard InChI is InChI=1S/C11H12BrNO/c12-8-1-2-9-7(5-8)6-10-11(9)13-3-4-14-10/h1-2,5,10-11,13H,3-4,6H2. The normalized spacial score (nSPS) is 29.8. The Morgan fingerprint density at radius 3 is 3.29 bits per heavy atom. The number of hydrogen-bond acceptors (Lipinski definition) is 2. The van der Waals surface area contributed by atoms with Crippen LogP contribution in [-0.4, -0.2) is 19.3 Å². The highest BCUT2D eigenvalue weighted by molar-refractivity contribution is 9.10. The van der Waals surface area contributed by atoms with Crippen LogP contribution in [0.2, 0.25) is 0 Å². The first-order valence-corrected chi connectivity index (χ1v) is 5.77. The first kappa shape index (κ1) is 8.89. The zero-order valence-corrected chi connectivity index (χ0v) is 9.38. The first-order valence-electron chi connectivity index (χ1n) is 4.98. The highest BCUT2D eigenvalue weighted by Gasteiger charge is 2.34. The van der Waals surface area contributed by atoms with Crippen LogP contribution in [0.1, 0.15) is 17.2 Å². The zero-order chi connectivity index (χ0) is 9.54. The van der Waals surface area contributed by atoms with Gasteiger partial charge in [0.2, 0.25) is 0 Å². The van der Waals surface area contributed by atoms with Gasteiger partial charge in [0.25, 0.3) is 0 Å². The smallest absolute Gasteiger partial charge is 0.0810 e. The van der Waals surface area contributed by atoms with E-state index in [0.717, 1.165) is 24.0 Å². The molecule has 1 aliphatic carbocycles. The van der Waals surface area contributed by atoms with E-state index in [9.17, 15) is 0 Å². The lowest BCUT2D eigenvalue weighted by Gasteiger charge is -2.27. The molecule has 0 saturated carbocycles. The van der Waals surface area contributed by atoms with Gasteiger partial charge in [0.15, 0.2) is 0 Å². The molecule has 2 unspecified atom stereocenters. The monoisotopic (exact) mass is 253 g/mol. The molecule has 2 atom stereocenters. The third-order valence-corrected chi connectivity index (χ3v) is 3.52. The molecule has 14 heavy (non-hydrogen) atoms. The van der Waals surface area contributed by atoms with Gasteiger partial charge in [-0.3, -0.25) is 0 Å². The summed E-state index contributed by atoms with van der Waals surface area (Å²) >= 11 is 3.50. The van der Waals surface area contributed by atoms with E-state index in [1.54, 1.807) is 0 Å². The fourth-order valence-electron chi connectivity index (χ4n) is 2.41. The Kier molecular flexibility index (Phi) is 2.11. The van der Waals surface area contributed by atoms with Gasteiger partial charge < -0.3 is 10.1 Å². The van der Waals surface area contributed by atoms with Crippen molar-refractivity contribution in [1.29, 1.82) is 0 Å². The van der Waals surface area contributed by atoms with Gasteiger partial charge in [-0.1, -0.05) is 22.0 Å². The molecule has 3 rings (SSSR count). The Morgan fingerprint density at radius 2 is 2.36 bits per heavy atom. The molecule has 1 fully saturated rings. The van der Waals surface area contributed by atoms with Crippen molar-refractivity contribution in [2.24, 2.45) is 0 Å². The second-order valence-corrected chi connectivity index (χ2v) is 4.80. The summed E-state index contributed by atoms with van der Waals surface area (Å²) in [5, 5.41) is 3.52. The molecule has 0 radical (unpaired) electrons. The number of benzene rings is 1. The molecule has 1 aromatic carbocycles. The quantitative estimate of drug-likeness (QED) is 0.764. The molecule has 1 aliphatic heterocycles. The summed E-state index contributed by atoms with van der Waals surface area (Å²) in [6.07, 6.45) is 1.40. The topological polar surface area (TPSA) is 21.3 Å². The lowest BCUT2D eigenvalue weighted by atomic mass is 10.1. The third kappa shape index (κ3) is 1.31. The summed E-state index contributed by atoms with van der Waals surface area (Å²) in [4.78, 5) is 0. The minimum absolute atomic E-state index is 0.355. The Balaban J connectivity index is 2.01. The van der Waals surface area contributed by atoms with E-state index in [1.807, 2.05) is 0 Å². The number of ether oxygens (including phenoxy) is 1. The second kappa shape index (κ2) is 3.33. The van der Waals surface area contributed by atoms with Crippen molar-refractivity contribution in [3.05, 3.63) is 33.8 Å². The molecule has 2 nitrogen and oxygen atoms in total. The second-order valence-electron chi connectivity index (χ2n) is 3.89. The van der Waals surface area contributed by atoms with Gasteiger partial charge in [0, 0.05) is 17.4 Å². The molecule has 1 saturated heterocycles. The molecule has 3 heteroatoms. The van der Waals surface area contributed by atoms with Crippen molar-refractivity contribution in [1.82, 2.24) is 5.32 Å². The summed E-state index contributed by atoms with van der Waals surface area (Å²) < 4.78 is 6.91. The predicted octanol–water partition coefficient (Wildman–Crippen LogP) is 2.03. The van der Waals surface area contributed by atoms with E-state index < -0.39 is 0 Å². The van der Waals surface area contributed by atoms with Gasteiger partial charge in [-0.2, -0.15) is 0 Å². The van der Waals surface area contributed by atoms with E-state index >= 15 is 0 Å². The van der Waals surface area contributed by atoms with Crippen molar-refractivity contribution in [3.63, 3.8) is 0 Å². The highest BCUT2D eigenvalue weighted by Crippen LogP contribution is 2.36. The van der Waals surface area contributed by atoms with E-state index in [4.69, 9.17) is 4.74 Å². The van der Waals surface area contributed by atoms with Crippen LogP contribution < -0.4 is 5.32 Å². The largest absolute Gasteiger partial charge is 0.375 e. The Hall–Kier alpha value is -0.380. The van der Waals surface area contributed by atoms with Crippen LogP contribution in [0.3, 0.4) is 0 Å². The lowest BCUT2D eigenvalue weighted by molar-refractivity contribution is 0.00503. The highest BCUT2D eigenvalue weighted by atomic mass is 79.9. The van der Waals surface area contributed by atoms with Gasteiger partial charge in [0.1, 0.15) is 0 Å². The summed E-state index contributed by atoms with van der Waals surface area (Å²) in [5.74, 6) is 0. The first-order chi connectivity index (χ1) is 6.84. The minimum Gasteiger partial charge on any atom is -0.375 e.